The second-order valence-electron chi connectivity index (χ2n) is 6.09. The minimum atomic E-state index is 0.890. The van der Waals surface area contributed by atoms with Gasteiger partial charge >= 0.3 is 0 Å². The normalized spacial score (nSPS) is 10.6. The Kier molecular flexibility index (Phi) is 5.03. The third kappa shape index (κ3) is 4.16. The summed E-state index contributed by atoms with van der Waals surface area (Å²) in [5.41, 5.74) is 5.76. The number of nitrogens with zero attached hydrogens (tertiary/aromatic N) is 2. The third-order valence-electron chi connectivity index (χ3n) is 4.21. The fourth-order valence-corrected chi connectivity index (χ4v) is 3.53. The zero-order valence-electron chi connectivity index (χ0n) is 14.3. The fraction of sp³-hybridized carbons (Fsp3) is 0.0909. The Morgan fingerprint density at radius 3 is 2.31 bits per heavy atom. The first-order valence-electron chi connectivity index (χ1n) is 8.63. The molecule has 128 valence electrons. The molecule has 0 unspecified atom stereocenters. The van der Waals surface area contributed by atoms with Crippen LogP contribution in [0.25, 0.3) is 11.3 Å². The SMILES string of the molecule is c1ccc(CCc2ccc(Nc3nc(-c4cccnc4)cs3)cc2)cc1. The Morgan fingerprint density at radius 2 is 1.58 bits per heavy atom. The van der Waals surface area contributed by atoms with E-state index in [1.54, 1.807) is 17.5 Å². The molecular formula is C22H19N3S. The van der Waals surface area contributed by atoms with Gasteiger partial charge in [-0.25, -0.2) is 4.98 Å². The van der Waals surface area contributed by atoms with Crippen molar-refractivity contribution in [2.24, 2.45) is 0 Å². The Labute approximate surface area is 157 Å². The van der Waals surface area contributed by atoms with Crippen molar-refractivity contribution in [2.45, 2.75) is 12.8 Å². The number of hydrogen-bond donors (Lipinski definition) is 1. The molecule has 3 nitrogen and oxygen atoms in total. The highest BCUT2D eigenvalue weighted by atomic mass is 32.1. The van der Waals surface area contributed by atoms with Gasteiger partial charge in [0.1, 0.15) is 0 Å². The lowest BCUT2D eigenvalue weighted by atomic mass is 10.0. The summed E-state index contributed by atoms with van der Waals surface area (Å²) in [6.07, 6.45) is 5.72. The number of pyridine rings is 1. The van der Waals surface area contributed by atoms with E-state index in [1.807, 2.05) is 23.7 Å². The molecule has 1 N–H and O–H groups in total. The van der Waals surface area contributed by atoms with Crippen LogP contribution in [0.5, 0.6) is 0 Å². The lowest BCUT2D eigenvalue weighted by Crippen LogP contribution is -1.93. The van der Waals surface area contributed by atoms with Crippen LogP contribution in [-0.4, -0.2) is 9.97 Å². The van der Waals surface area contributed by atoms with Crippen molar-refractivity contribution < 1.29 is 0 Å². The van der Waals surface area contributed by atoms with Gasteiger partial charge in [-0.15, -0.1) is 11.3 Å². The number of hydrogen-bond acceptors (Lipinski definition) is 4. The highest BCUT2D eigenvalue weighted by Crippen LogP contribution is 2.26. The van der Waals surface area contributed by atoms with Crippen LogP contribution >= 0.6 is 11.3 Å². The quantitative estimate of drug-likeness (QED) is 0.478. The van der Waals surface area contributed by atoms with Crippen LogP contribution < -0.4 is 5.32 Å². The molecule has 4 rings (SSSR count). The van der Waals surface area contributed by atoms with Crippen LogP contribution in [0.2, 0.25) is 0 Å². The monoisotopic (exact) mass is 357 g/mol. The maximum Gasteiger partial charge on any atom is 0.187 e. The summed E-state index contributed by atoms with van der Waals surface area (Å²) in [6, 6.07) is 23.1. The Bertz CT molecular complexity index is 948. The van der Waals surface area contributed by atoms with Gasteiger partial charge in [0.05, 0.1) is 5.69 Å². The van der Waals surface area contributed by atoms with Gasteiger partial charge in [0, 0.05) is 29.0 Å². The van der Waals surface area contributed by atoms with E-state index in [4.69, 9.17) is 0 Å². The lowest BCUT2D eigenvalue weighted by Gasteiger charge is -2.05. The molecule has 0 amide bonds. The highest BCUT2D eigenvalue weighted by Gasteiger charge is 2.05. The molecule has 0 radical (unpaired) electrons. The summed E-state index contributed by atoms with van der Waals surface area (Å²) in [6.45, 7) is 0. The molecule has 0 saturated heterocycles. The molecular weight excluding hydrogens is 338 g/mol. The van der Waals surface area contributed by atoms with Crippen molar-refractivity contribution in [3.63, 3.8) is 0 Å². The van der Waals surface area contributed by atoms with E-state index >= 15 is 0 Å². The van der Waals surface area contributed by atoms with Crippen LogP contribution in [0.3, 0.4) is 0 Å². The van der Waals surface area contributed by atoms with Gasteiger partial charge in [-0.05, 0) is 48.2 Å². The number of benzene rings is 2. The molecule has 2 aromatic carbocycles. The van der Waals surface area contributed by atoms with Gasteiger partial charge in [-0.1, -0.05) is 42.5 Å². The summed E-state index contributed by atoms with van der Waals surface area (Å²) in [7, 11) is 0. The van der Waals surface area contributed by atoms with Crippen molar-refractivity contribution in [3.05, 3.63) is 95.6 Å². The van der Waals surface area contributed by atoms with E-state index in [0.29, 0.717) is 0 Å². The molecule has 4 aromatic rings. The number of anilines is 2. The first-order chi connectivity index (χ1) is 12.9. The lowest BCUT2D eigenvalue weighted by molar-refractivity contribution is 0.960. The minimum Gasteiger partial charge on any atom is -0.332 e. The van der Waals surface area contributed by atoms with Crippen molar-refractivity contribution in [2.75, 3.05) is 5.32 Å². The number of thiazole rings is 1. The van der Waals surface area contributed by atoms with Crippen LogP contribution in [-0.2, 0) is 12.8 Å². The molecule has 2 heterocycles. The second-order valence-corrected chi connectivity index (χ2v) is 6.95. The second kappa shape index (κ2) is 7.93. The van der Waals surface area contributed by atoms with Crippen LogP contribution in [0, 0.1) is 0 Å². The van der Waals surface area contributed by atoms with Crippen molar-refractivity contribution in [1.82, 2.24) is 9.97 Å². The highest BCUT2D eigenvalue weighted by molar-refractivity contribution is 7.14. The maximum atomic E-state index is 4.64. The van der Waals surface area contributed by atoms with Gasteiger partial charge in [0.2, 0.25) is 0 Å². The minimum absolute atomic E-state index is 0.890. The molecule has 0 aliphatic rings. The topological polar surface area (TPSA) is 37.8 Å². The molecule has 0 bridgehead atoms. The van der Waals surface area contributed by atoms with E-state index in [2.05, 4.69) is 69.9 Å². The zero-order valence-corrected chi connectivity index (χ0v) is 15.1. The molecule has 0 spiro atoms. The first-order valence-corrected chi connectivity index (χ1v) is 9.50. The molecule has 0 aliphatic carbocycles. The predicted octanol–water partition coefficient (Wildman–Crippen LogP) is 5.73. The molecule has 0 atom stereocenters. The van der Waals surface area contributed by atoms with Crippen molar-refractivity contribution >= 4 is 22.2 Å². The Hall–Kier alpha value is -2.98. The van der Waals surface area contributed by atoms with E-state index in [0.717, 1.165) is 34.9 Å². The van der Waals surface area contributed by atoms with E-state index in [-0.39, 0.29) is 0 Å². The summed E-state index contributed by atoms with van der Waals surface area (Å²) < 4.78 is 0. The summed E-state index contributed by atoms with van der Waals surface area (Å²) in [4.78, 5) is 8.79. The zero-order chi connectivity index (χ0) is 17.6. The standard InChI is InChI=1S/C22H19N3S/c1-2-5-17(6-3-1)8-9-18-10-12-20(13-11-18)24-22-25-21(16-26-22)19-7-4-14-23-15-19/h1-7,10-16H,8-9H2,(H,24,25). The predicted molar refractivity (Wildman–Crippen MR) is 109 cm³/mol. The number of aryl methyl sites for hydroxylation is 2. The largest absolute Gasteiger partial charge is 0.332 e. The molecule has 4 heteroatoms. The Morgan fingerprint density at radius 1 is 0.808 bits per heavy atom. The van der Waals surface area contributed by atoms with Crippen LogP contribution in [0.15, 0.2) is 84.5 Å². The summed E-state index contributed by atoms with van der Waals surface area (Å²) in [5, 5.41) is 6.32. The Balaban J connectivity index is 1.38. The van der Waals surface area contributed by atoms with Crippen molar-refractivity contribution in [3.8, 4) is 11.3 Å². The smallest absolute Gasteiger partial charge is 0.187 e. The average molecular weight is 357 g/mol. The number of rotatable bonds is 6. The number of nitrogens with one attached hydrogen (secondary N) is 1. The van der Waals surface area contributed by atoms with E-state index < -0.39 is 0 Å². The van der Waals surface area contributed by atoms with Gasteiger partial charge in [-0.2, -0.15) is 0 Å². The average Bonchev–Trinajstić information content (AvgIpc) is 3.17. The van der Waals surface area contributed by atoms with Gasteiger partial charge < -0.3 is 5.32 Å². The van der Waals surface area contributed by atoms with Crippen LogP contribution in [0.4, 0.5) is 10.8 Å². The molecule has 26 heavy (non-hydrogen) atoms. The molecule has 2 aromatic heterocycles. The van der Waals surface area contributed by atoms with Gasteiger partial charge in [-0.3, -0.25) is 4.98 Å². The van der Waals surface area contributed by atoms with Crippen LogP contribution in [0.1, 0.15) is 11.1 Å². The summed E-state index contributed by atoms with van der Waals surface area (Å²) >= 11 is 1.60. The van der Waals surface area contributed by atoms with E-state index in [9.17, 15) is 0 Å². The molecule has 0 fully saturated rings. The third-order valence-corrected chi connectivity index (χ3v) is 4.97. The van der Waals surface area contributed by atoms with Crippen molar-refractivity contribution in [1.29, 1.82) is 0 Å². The van der Waals surface area contributed by atoms with Gasteiger partial charge in [0.25, 0.3) is 0 Å². The fourth-order valence-electron chi connectivity index (χ4n) is 2.79. The first kappa shape index (κ1) is 16.5. The van der Waals surface area contributed by atoms with Gasteiger partial charge in [0.15, 0.2) is 5.13 Å². The summed E-state index contributed by atoms with van der Waals surface area (Å²) in [5.74, 6) is 0. The molecule has 0 aliphatic heterocycles. The number of aromatic nitrogens is 2. The van der Waals surface area contributed by atoms with E-state index in [1.165, 1.54) is 11.1 Å². The maximum absolute atomic E-state index is 4.64. The molecule has 0 saturated carbocycles.